The summed E-state index contributed by atoms with van der Waals surface area (Å²) >= 11 is 0. The molecule has 0 aliphatic rings. The second-order valence-corrected chi connectivity index (χ2v) is 5.83. The standard InChI is InChI=1S/C22H17NO3/c23-15-17-8-7-9-18(14-17)16-26-21(24)22(25,19-10-3-1-4-11-19)20-12-5-2-6-13-20/h1-14,25H,16H2. The predicted octanol–water partition coefficient (Wildman–Crippen LogP) is 3.54. The molecule has 26 heavy (non-hydrogen) atoms. The summed E-state index contributed by atoms with van der Waals surface area (Å²) in [5.41, 5.74) is 0.125. The molecule has 3 aromatic carbocycles. The monoisotopic (exact) mass is 343 g/mol. The van der Waals surface area contributed by atoms with Crippen molar-refractivity contribution in [2.24, 2.45) is 0 Å². The zero-order chi connectivity index (χ0) is 18.4. The van der Waals surface area contributed by atoms with Gasteiger partial charge < -0.3 is 9.84 Å². The topological polar surface area (TPSA) is 70.3 Å². The minimum atomic E-state index is -1.91. The molecule has 0 unspecified atom stereocenters. The molecule has 4 nitrogen and oxygen atoms in total. The van der Waals surface area contributed by atoms with E-state index in [2.05, 4.69) is 0 Å². The van der Waals surface area contributed by atoms with Gasteiger partial charge in [-0.3, -0.25) is 0 Å². The second kappa shape index (κ2) is 7.64. The summed E-state index contributed by atoms with van der Waals surface area (Å²) in [7, 11) is 0. The number of nitriles is 1. The Hall–Kier alpha value is -3.42. The number of nitrogens with zero attached hydrogens (tertiary/aromatic N) is 1. The minimum Gasteiger partial charge on any atom is -0.458 e. The lowest BCUT2D eigenvalue weighted by Crippen LogP contribution is -2.38. The fraction of sp³-hybridized carbons (Fsp3) is 0.0909. The molecule has 0 amide bonds. The van der Waals surface area contributed by atoms with Crippen molar-refractivity contribution in [3.63, 3.8) is 0 Å². The van der Waals surface area contributed by atoms with E-state index in [4.69, 9.17) is 10.00 Å². The van der Waals surface area contributed by atoms with Crippen molar-refractivity contribution in [3.8, 4) is 6.07 Å². The van der Waals surface area contributed by atoms with Crippen LogP contribution >= 0.6 is 0 Å². The second-order valence-electron chi connectivity index (χ2n) is 5.83. The maximum Gasteiger partial charge on any atom is 0.348 e. The van der Waals surface area contributed by atoms with Crippen molar-refractivity contribution in [3.05, 3.63) is 107 Å². The van der Waals surface area contributed by atoms with Crippen LogP contribution in [0.5, 0.6) is 0 Å². The number of aliphatic hydroxyl groups is 1. The number of ether oxygens (including phenoxy) is 1. The molecule has 0 aromatic heterocycles. The zero-order valence-electron chi connectivity index (χ0n) is 14.0. The van der Waals surface area contributed by atoms with Gasteiger partial charge >= 0.3 is 5.97 Å². The smallest absolute Gasteiger partial charge is 0.348 e. The zero-order valence-corrected chi connectivity index (χ0v) is 14.0. The summed E-state index contributed by atoms with van der Waals surface area (Å²) in [6, 6.07) is 26.3. The van der Waals surface area contributed by atoms with Gasteiger partial charge in [-0.1, -0.05) is 72.8 Å². The molecule has 0 spiro atoms. The van der Waals surface area contributed by atoms with Gasteiger partial charge in [-0.15, -0.1) is 0 Å². The Bertz CT molecular complexity index is 891. The quantitative estimate of drug-likeness (QED) is 0.720. The largest absolute Gasteiger partial charge is 0.458 e. The van der Waals surface area contributed by atoms with E-state index >= 15 is 0 Å². The first-order valence-electron chi connectivity index (χ1n) is 8.14. The number of rotatable bonds is 5. The van der Waals surface area contributed by atoms with Gasteiger partial charge in [0, 0.05) is 0 Å². The van der Waals surface area contributed by atoms with Crippen LogP contribution in [0.3, 0.4) is 0 Å². The number of benzene rings is 3. The lowest BCUT2D eigenvalue weighted by Gasteiger charge is -2.27. The van der Waals surface area contributed by atoms with Gasteiger partial charge in [0.1, 0.15) is 6.61 Å². The molecule has 0 bridgehead atoms. The van der Waals surface area contributed by atoms with Gasteiger partial charge in [0.15, 0.2) is 0 Å². The van der Waals surface area contributed by atoms with Crippen LogP contribution in [0.4, 0.5) is 0 Å². The summed E-state index contributed by atoms with van der Waals surface area (Å²) in [5, 5.41) is 20.2. The van der Waals surface area contributed by atoms with E-state index < -0.39 is 11.6 Å². The third-order valence-corrected chi connectivity index (χ3v) is 4.10. The highest BCUT2D eigenvalue weighted by Crippen LogP contribution is 2.31. The van der Waals surface area contributed by atoms with Crippen LogP contribution in [0, 0.1) is 11.3 Å². The van der Waals surface area contributed by atoms with Crippen molar-refractivity contribution in [2.45, 2.75) is 12.2 Å². The Morgan fingerprint density at radius 2 is 1.50 bits per heavy atom. The highest BCUT2D eigenvalue weighted by Gasteiger charge is 2.41. The van der Waals surface area contributed by atoms with Crippen LogP contribution in [0.15, 0.2) is 84.9 Å². The first-order valence-corrected chi connectivity index (χ1v) is 8.14. The summed E-state index contributed by atoms with van der Waals surface area (Å²) < 4.78 is 5.40. The van der Waals surface area contributed by atoms with E-state index in [9.17, 15) is 9.90 Å². The van der Waals surface area contributed by atoms with Crippen LogP contribution in [-0.4, -0.2) is 11.1 Å². The molecular formula is C22H17NO3. The molecule has 0 saturated heterocycles. The molecule has 0 atom stereocenters. The Labute approximate surface area is 151 Å². The molecule has 3 rings (SSSR count). The van der Waals surface area contributed by atoms with Crippen LogP contribution in [0.25, 0.3) is 0 Å². The van der Waals surface area contributed by atoms with Crippen molar-refractivity contribution in [2.75, 3.05) is 0 Å². The summed E-state index contributed by atoms with van der Waals surface area (Å²) in [6.45, 7) is -0.0314. The molecule has 0 heterocycles. The van der Waals surface area contributed by atoms with E-state index in [1.54, 1.807) is 72.8 Å². The summed E-state index contributed by atoms with van der Waals surface area (Å²) in [4.78, 5) is 12.9. The van der Waals surface area contributed by atoms with Gasteiger partial charge in [-0.25, -0.2) is 4.79 Å². The molecule has 0 radical (unpaired) electrons. The van der Waals surface area contributed by atoms with Gasteiger partial charge in [0.2, 0.25) is 5.60 Å². The molecule has 0 aliphatic carbocycles. The average molecular weight is 343 g/mol. The highest BCUT2D eigenvalue weighted by atomic mass is 16.5. The lowest BCUT2D eigenvalue weighted by atomic mass is 9.86. The van der Waals surface area contributed by atoms with E-state index in [0.717, 1.165) is 0 Å². The number of hydrogen-bond donors (Lipinski definition) is 1. The molecule has 0 aliphatic heterocycles. The molecule has 0 fully saturated rings. The van der Waals surface area contributed by atoms with Gasteiger partial charge in [-0.05, 0) is 28.8 Å². The minimum absolute atomic E-state index is 0.0314. The van der Waals surface area contributed by atoms with Crippen LogP contribution in [-0.2, 0) is 21.7 Å². The van der Waals surface area contributed by atoms with Crippen molar-refractivity contribution in [1.29, 1.82) is 5.26 Å². The van der Waals surface area contributed by atoms with Gasteiger partial charge in [-0.2, -0.15) is 5.26 Å². The predicted molar refractivity (Wildman–Crippen MR) is 96.8 cm³/mol. The third kappa shape index (κ3) is 3.49. The molecule has 3 aromatic rings. The Balaban J connectivity index is 1.90. The van der Waals surface area contributed by atoms with Crippen LogP contribution in [0.1, 0.15) is 22.3 Å². The van der Waals surface area contributed by atoms with E-state index in [-0.39, 0.29) is 6.61 Å². The number of carbonyl (C=O) groups is 1. The maximum absolute atomic E-state index is 12.9. The lowest BCUT2D eigenvalue weighted by molar-refractivity contribution is -0.163. The highest BCUT2D eigenvalue weighted by molar-refractivity contribution is 5.85. The fourth-order valence-electron chi connectivity index (χ4n) is 2.75. The summed E-state index contributed by atoms with van der Waals surface area (Å²) in [6.07, 6.45) is 0. The Kier molecular flexibility index (Phi) is 5.12. The number of carbonyl (C=O) groups excluding carboxylic acids is 1. The average Bonchev–Trinajstić information content (AvgIpc) is 2.72. The van der Waals surface area contributed by atoms with Crippen molar-refractivity contribution >= 4 is 5.97 Å². The first kappa shape index (κ1) is 17.4. The summed E-state index contributed by atoms with van der Waals surface area (Å²) in [5.74, 6) is -0.766. The van der Waals surface area contributed by atoms with E-state index in [1.165, 1.54) is 0 Å². The maximum atomic E-state index is 12.9. The van der Waals surface area contributed by atoms with Gasteiger partial charge in [0.25, 0.3) is 0 Å². The first-order chi connectivity index (χ1) is 12.6. The third-order valence-electron chi connectivity index (χ3n) is 4.10. The van der Waals surface area contributed by atoms with E-state index in [1.807, 2.05) is 18.2 Å². The molecular weight excluding hydrogens is 326 g/mol. The number of hydrogen-bond acceptors (Lipinski definition) is 4. The Morgan fingerprint density at radius 3 is 2.04 bits per heavy atom. The molecule has 1 N–H and O–H groups in total. The van der Waals surface area contributed by atoms with Crippen molar-refractivity contribution < 1.29 is 14.6 Å². The number of esters is 1. The molecule has 4 heteroatoms. The molecule has 128 valence electrons. The fourth-order valence-corrected chi connectivity index (χ4v) is 2.75. The normalized spacial score (nSPS) is 10.8. The van der Waals surface area contributed by atoms with Crippen LogP contribution in [0.2, 0.25) is 0 Å². The Morgan fingerprint density at radius 1 is 0.923 bits per heavy atom. The van der Waals surface area contributed by atoms with Gasteiger partial charge in [0.05, 0.1) is 11.6 Å². The van der Waals surface area contributed by atoms with E-state index in [0.29, 0.717) is 22.3 Å². The van der Waals surface area contributed by atoms with Crippen LogP contribution < -0.4 is 0 Å². The SMILES string of the molecule is N#Cc1cccc(COC(=O)C(O)(c2ccccc2)c2ccccc2)c1. The van der Waals surface area contributed by atoms with Crippen molar-refractivity contribution in [1.82, 2.24) is 0 Å². The molecule has 0 saturated carbocycles.